The number of methoxy groups -OCH3 is 1. The Kier molecular flexibility index (Phi) is 2.52. The van der Waals surface area contributed by atoms with Gasteiger partial charge in [-0.1, -0.05) is 12.2 Å². The number of carbonyl (C=O) groups excluding carboxylic acids is 1. The third-order valence-electron chi connectivity index (χ3n) is 2.39. The van der Waals surface area contributed by atoms with Gasteiger partial charge in [0.1, 0.15) is 5.41 Å². The molecule has 0 radical (unpaired) electrons. The molecule has 3 heteroatoms. The molecule has 1 aliphatic carbocycles. The molecular formula is C9H14O3. The van der Waals surface area contributed by atoms with Crippen LogP contribution in [0.1, 0.15) is 19.8 Å². The van der Waals surface area contributed by atoms with E-state index in [-0.39, 0.29) is 5.97 Å². The minimum Gasteiger partial charge on any atom is -0.468 e. The van der Waals surface area contributed by atoms with Crippen LogP contribution in [0.4, 0.5) is 0 Å². The molecule has 0 heterocycles. The zero-order valence-corrected chi connectivity index (χ0v) is 7.41. The van der Waals surface area contributed by atoms with Crippen molar-refractivity contribution >= 4 is 5.97 Å². The van der Waals surface area contributed by atoms with Crippen LogP contribution in [0.15, 0.2) is 12.2 Å². The average molecular weight is 170 g/mol. The van der Waals surface area contributed by atoms with Gasteiger partial charge >= 0.3 is 5.97 Å². The molecule has 1 rings (SSSR count). The van der Waals surface area contributed by atoms with Gasteiger partial charge in [0.05, 0.1) is 13.2 Å². The number of carbonyl (C=O) groups is 1. The van der Waals surface area contributed by atoms with E-state index in [1.165, 1.54) is 7.11 Å². The zero-order valence-electron chi connectivity index (χ0n) is 7.41. The lowest BCUT2D eigenvalue weighted by Crippen LogP contribution is -2.40. The van der Waals surface area contributed by atoms with Gasteiger partial charge < -0.3 is 9.84 Å². The van der Waals surface area contributed by atoms with Crippen molar-refractivity contribution in [2.75, 3.05) is 7.11 Å². The molecule has 2 atom stereocenters. The summed E-state index contributed by atoms with van der Waals surface area (Å²) in [6, 6.07) is 0. The molecule has 0 spiro atoms. The molecule has 3 nitrogen and oxygen atoms in total. The number of esters is 1. The van der Waals surface area contributed by atoms with Gasteiger partial charge in [-0.3, -0.25) is 4.79 Å². The lowest BCUT2D eigenvalue weighted by atomic mass is 9.78. The van der Waals surface area contributed by atoms with Gasteiger partial charge in [0.15, 0.2) is 0 Å². The van der Waals surface area contributed by atoms with Crippen molar-refractivity contribution in [1.29, 1.82) is 0 Å². The lowest BCUT2D eigenvalue weighted by Gasteiger charge is -2.31. The first-order valence-electron chi connectivity index (χ1n) is 4.05. The van der Waals surface area contributed by atoms with Crippen LogP contribution in [0.2, 0.25) is 0 Å². The highest BCUT2D eigenvalue weighted by molar-refractivity contribution is 5.79. The number of allylic oxidation sites excluding steroid dienone is 1. The first kappa shape index (κ1) is 9.26. The molecule has 0 saturated carbocycles. The maximum absolute atomic E-state index is 11.3. The van der Waals surface area contributed by atoms with Crippen LogP contribution in [0.3, 0.4) is 0 Å². The fourth-order valence-corrected chi connectivity index (χ4v) is 1.42. The Balaban J connectivity index is 2.86. The quantitative estimate of drug-likeness (QED) is 0.469. The number of ether oxygens (including phenoxy) is 1. The summed E-state index contributed by atoms with van der Waals surface area (Å²) >= 11 is 0. The fraction of sp³-hybridized carbons (Fsp3) is 0.667. The first-order chi connectivity index (χ1) is 5.61. The van der Waals surface area contributed by atoms with E-state index in [1.807, 2.05) is 6.08 Å². The van der Waals surface area contributed by atoms with E-state index in [0.29, 0.717) is 6.42 Å². The second-order valence-corrected chi connectivity index (χ2v) is 3.27. The summed E-state index contributed by atoms with van der Waals surface area (Å²) in [7, 11) is 1.34. The Labute approximate surface area is 72.0 Å². The minimum atomic E-state index is -0.840. The van der Waals surface area contributed by atoms with Crippen molar-refractivity contribution in [2.45, 2.75) is 25.9 Å². The summed E-state index contributed by atoms with van der Waals surface area (Å²) in [5, 5.41) is 9.58. The fourth-order valence-electron chi connectivity index (χ4n) is 1.42. The first-order valence-corrected chi connectivity index (χ1v) is 4.05. The van der Waals surface area contributed by atoms with E-state index >= 15 is 0 Å². The lowest BCUT2D eigenvalue weighted by molar-refractivity contribution is -0.155. The maximum Gasteiger partial charge on any atom is 0.318 e. The van der Waals surface area contributed by atoms with Crippen molar-refractivity contribution in [3.8, 4) is 0 Å². The van der Waals surface area contributed by atoms with Crippen LogP contribution in [0, 0.1) is 5.41 Å². The highest BCUT2D eigenvalue weighted by atomic mass is 16.5. The predicted molar refractivity (Wildman–Crippen MR) is 44.5 cm³/mol. The Hall–Kier alpha value is -0.830. The van der Waals surface area contributed by atoms with Gasteiger partial charge in [-0.2, -0.15) is 0 Å². The van der Waals surface area contributed by atoms with Gasteiger partial charge in [0.25, 0.3) is 0 Å². The van der Waals surface area contributed by atoms with E-state index in [9.17, 15) is 9.90 Å². The van der Waals surface area contributed by atoms with Crippen LogP contribution in [0.5, 0.6) is 0 Å². The van der Waals surface area contributed by atoms with Crippen molar-refractivity contribution in [3.05, 3.63) is 12.2 Å². The summed E-state index contributed by atoms with van der Waals surface area (Å²) in [6.07, 6.45) is 4.47. The summed E-state index contributed by atoms with van der Waals surface area (Å²) in [4.78, 5) is 11.3. The van der Waals surface area contributed by atoms with Gasteiger partial charge in [-0.25, -0.2) is 0 Å². The normalized spacial score (nSPS) is 34.8. The van der Waals surface area contributed by atoms with Crippen molar-refractivity contribution in [1.82, 2.24) is 0 Å². The minimum absolute atomic E-state index is 0.369. The second kappa shape index (κ2) is 3.27. The van der Waals surface area contributed by atoms with E-state index in [4.69, 9.17) is 0 Å². The summed E-state index contributed by atoms with van der Waals surface area (Å²) in [5.74, 6) is -0.369. The summed E-state index contributed by atoms with van der Waals surface area (Å²) in [5.41, 5.74) is -0.840. The molecule has 0 fully saturated rings. The van der Waals surface area contributed by atoms with E-state index < -0.39 is 11.5 Å². The molecular weight excluding hydrogens is 156 g/mol. The molecule has 68 valence electrons. The molecule has 0 bridgehead atoms. The maximum atomic E-state index is 11.3. The van der Waals surface area contributed by atoms with Crippen molar-refractivity contribution in [3.63, 3.8) is 0 Å². The predicted octanol–water partition coefficient (Wildman–Crippen LogP) is 0.877. The van der Waals surface area contributed by atoms with Crippen LogP contribution in [-0.4, -0.2) is 24.3 Å². The van der Waals surface area contributed by atoms with E-state index in [1.54, 1.807) is 13.0 Å². The Morgan fingerprint density at radius 3 is 2.92 bits per heavy atom. The largest absolute Gasteiger partial charge is 0.468 e. The molecule has 12 heavy (non-hydrogen) atoms. The van der Waals surface area contributed by atoms with Gasteiger partial charge in [-0.05, 0) is 19.8 Å². The van der Waals surface area contributed by atoms with Crippen LogP contribution in [0.25, 0.3) is 0 Å². The van der Waals surface area contributed by atoms with Crippen molar-refractivity contribution in [2.24, 2.45) is 5.41 Å². The standard InChI is InChI=1S/C9H14O3/c1-9(8(11)12-2)6-4-3-5-7(9)10/h4,6-7,10H,3,5H2,1-2H3. The highest BCUT2D eigenvalue weighted by Gasteiger charge is 2.40. The highest BCUT2D eigenvalue weighted by Crippen LogP contribution is 2.31. The Morgan fingerprint density at radius 2 is 2.42 bits per heavy atom. The number of rotatable bonds is 1. The van der Waals surface area contributed by atoms with Crippen LogP contribution >= 0.6 is 0 Å². The molecule has 2 unspecified atom stereocenters. The number of aliphatic hydroxyl groups excluding tert-OH is 1. The smallest absolute Gasteiger partial charge is 0.318 e. The van der Waals surface area contributed by atoms with Gasteiger partial charge in [-0.15, -0.1) is 0 Å². The third-order valence-corrected chi connectivity index (χ3v) is 2.39. The Morgan fingerprint density at radius 1 is 1.75 bits per heavy atom. The number of aliphatic hydroxyl groups is 1. The molecule has 0 aromatic carbocycles. The monoisotopic (exact) mass is 170 g/mol. The van der Waals surface area contributed by atoms with Gasteiger partial charge in [0.2, 0.25) is 0 Å². The second-order valence-electron chi connectivity index (χ2n) is 3.27. The molecule has 0 saturated heterocycles. The molecule has 0 amide bonds. The topological polar surface area (TPSA) is 46.5 Å². The molecule has 0 aromatic heterocycles. The number of hydrogen-bond acceptors (Lipinski definition) is 3. The number of hydrogen-bond donors (Lipinski definition) is 1. The SMILES string of the molecule is COC(=O)C1(C)C=CCCC1O. The molecule has 0 aliphatic heterocycles. The molecule has 1 N–H and O–H groups in total. The van der Waals surface area contributed by atoms with Crippen LogP contribution < -0.4 is 0 Å². The van der Waals surface area contributed by atoms with Crippen LogP contribution in [-0.2, 0) is 9.53 Å². The van der Waals surface area contributed by atoms with E-state index in [2.05, 4.69) is 4.74 Å². The third kappa shape index (κ3) is 1.37. The van der Waals surface area contributed by atoms with Crippen molar-refractivity contribution < 1.29 is 14.6 Å². The summed E-state index contributed by atoms with van der Waals surface area (Å²) in [6.45, 7) is 1.69. The molecule has 0 aromatic rings. The zero-order chi connectivity index (χ0) is 9.19. The Bertz CT molecular complexity index is 210. The van der Waals surface area contributed by atoms with E-state index in [0.717, 1.165) is 6.42 Å². The average Bonchev–Trinajstić information content (AvgIpc) is 2.09. The molecule has 1 aliphatic rings. The van der Waals surface area contributed by atoms with Gasteiger partial charge in [0, 0.05) is 0 Å². The summed E-state index contributed by atoms with van der Waals surface area (Å²) < 4.78 is 4.61.